The zero-order valence-electron chi connectivity index (χ0n) is 16.0. The molecule has 0 radical (unpaired) electrons. The fourth-order valence-corrected chi connectivity index (χ4v) is 3.50. The lowest BCUT2D eigenvalue weighted by molar-refractivity contribution is 0.0695. The number of halogens is 1. The molecule has 0 spiro atoms. The summed E-state index contributed by atoms with van der Waals surface area (Å²) in [5.41, 5.74) is 1.71. The van der Waals surface area contributed by atoms with Crippen molar-refractivity contribution in [2.24, 2.45) is 0 Å². The van der Waals surface area contributed by atoms with Crippen molar-refractivity contribution in [3.8, 4) is 0 Å². The van der Waals surface area contributed by atoms with Crippen molar-refractivity contribution in [2.45, 2.75) is 6.54 Å². The van der Waals surface area contributed by atoms with E-state index in [1.165, 1.54) is 30.3 Å². The zero-order chi connectivity index (χ0) is 22.1. The lowest BCUT2D eigenvalue weighted by Crippen LogP contribution is -2.29. The van der Waals surface area contributed by atoms with Crippen LogP contribution in [0.5, 0.6) is 0 Å². The van der Waals surface area contributed by atoms with Gasteiger partial charge >= 0.3 is 5.97 Å². The van der Waals surface area contributed by atoms with Crippen molar-refractivity contribution in [1.82, 2.24) is 5.32 Å². The minimum absolute atomic E-state index is 0.128. The van der Waals surface area contributed by atoms with Gasteiger partial charge in [0.1, 0.15) is 0 Å². The molecule has 0 saturated heterocycles. The first kappa shape index (κ1) is 20.3. The average Bonchev–Trinajstić information content (AvgIpc) is 3.02. The number of hydrogen-bond donors (Lipinski definition) is 2. The molecule has 3 amide bonds. The van der Waals surface area contributed by atoms with Crippen LogP contribution in [0.4, 0.5) is 5.69 Å². The number of hydrogen-bond acceptors (Lipinski definition) is 4. The van der Waals surface area contributed by atoms with Gasteiger partial charge in [0.25, 0.3) is 17.7 Å². The highest BCUT2D eigenvalue weighted by Gasteiger charge is 2.38. The first-order valence-electron chi connectivity index (χ1n) is 9.24. The lowest BCUT2D eigenvalue weighted by atomic mass is 10.1. The van der Waals surface area contributed by atoms with E-state index in [4.69, 9.17) is 16.7 Å². The number of anilines is 1. The summed E-state index contributed by atoms with van der Waals surface area (Å²) in [7, 11) is 0. The molecule has 0 saturated carbocycles. The van der Waals surface area contributed by atoms with E-state index in [-0.39, 0.29) is 39.5 Å². The Kier molecular flexibility index (Phi) is 5.27. The number of aromatic carboxylic acids is 1. The van der Waals surface area contributed by atoms with Crippen LogP contribution in [0.15, 0.2) is 66.7 Å². The van der Waals surface area contributed by atoms with Crippen LogP contribution in [0.2, 0.25) is 5.02 Å². The molecule has 0 bridgehead atoms. The summed E-state index contributed by atoms with van der Waals surface area (Å²) in [6, 6.07) is 17.0. The zero-order valence-corrected chi connectivity index (χ0v) is 16.7. The van der Waals surface area contributed by atoms with E-state index in [0.717, 1.165) is 10.5 Å². The quantitative estimate of drug-likeness (QED) is 0.595. The molecular weight excluding hydrogens is 420 g/mol. The Morgan fingerprint density at radius 1 is 0.871 bits per heavy atom. The summed E-state index contributed by atoms with van der Waals surface area (Å²) in [6.07, 6.45) is 0. The molecule has 0 aromatic heterocycles. The van der Waals surface area contributed by atoms with Crippen molar-refractivity contribution >= 4 is 41.0 Å². The predicted molar refractivity (Wildman–Crippen MR) is 114 cm³/mol. The summed E-state index contributed by atoms with van der Waals surface area (Å²) < 4.78 is 0. The number of para-hydroxylation sites is 1. The first-order valence-corrected chi connectivity index (χ1v) is 9.62. The van der Waals surface area contributed by atoms with E-state index in [1.54, 1.807) is 36.4 Å². The number of amides is 3. The maximum atomic E-state index is 12.9. The minimum atomic E-state index is -1.03. The SMILES string of the molecule is O=C(O)c1ccc(CNC(=O)c2ccc3c(c2)C(=O)N(c2ccccc2Cl)C3=O)cc1. The molecule has 8 heteroatoms. The largest absolute Gasteiger partial charge is 0.478 e. The normalized spacial score (nSPS) is 12.6. The molecule has 3 aromatic rings. The van der Waals surface area contributed by atoms with Crippen LogP contribution < -0.4 is 10.2 Å². The molecule has 1 aliphatic heterocycles. The minimum Gasteiger partial charge on any atom is -0.478 e. The summed E-state index contributed by atoms with van der Waals surface area (Å²) in [4.78, 5) is 50.1. The monoisotopic (exact) mass is 434 g/mol. The van der Waals surface area contributed by atoms with Gasteiger partial charge < -0.3 is 10.4 Å². The summed E-state index contributed by atoms with van der Waals surface area (Å²) >= 11 is 6.14. The fraction of sp³-hybridized carbons (Fsp3) is 0.0435. The highest BCUT2D eigenvalue weighted by Crippen LogP contribution is 2.33. The molecule has 154 valence electrons. The number of carbonyl (C=O) groups is 4. The van der Waals surface area contributed by atoms with Gasteiger partial charge in [0.15, 0.2) is 0 Å². The second-order valence-electron chi connectivity index (χ2n) is 6.84. The van der Waals surface area contributed by atoms with Gasteiger partial charge in [-0.1, -0.05) is 35.9 Å². The number of carboxylic acids is 1. The third-order valence-electron chi connectivity index (χ3n) is 4.90. The topological polar surface area (TPSA) is 104 Å². The number of nitrogens with one attached hydrogen (secondary N) is 1. The molecule has 4 rings (SSSR count). The highest BCUT2D eigenvalue weighted by molar-refractivity contribution is 6.39. The van der Waals surface area contributed by atoms with Gasteiger partial charge in [-0.15, -0.1) is 0 Å². The van der Waals surface area contributed by atoms with Gasteiger partial charge in [0, 0.05) is 12.1 Å². The second kappa shape index (κ2) is 8.04. The maximum Gasteiger partial charge on any atom is 0.335 e. The van der Waals surface area contributed by atoms with Gasteiger partial charge in [-0.05, 0) is 48.0 Å². The van der Waals surface area contributed by atoms with Crippen molar-refractivity contribution in [1.29, 1.82) is 0 Å². The first-order chi connectivity index (χ1) is 14.9. The van der Waals surface area contributed by atoms with Crippen molar-refractivity contribution < 1.29 is 24.3 Å². The molecule has 7 nitrogen and oxygen atoms in total. The smallest absolute Gasteiger partial charge is 0.335 e. The predicted octanol–water partition coefficient (Wildman–Crippen LogP) is 3.77. The third kappa shape index (κ3) is 3.78. The number of nitrogens with zero attached hydrogens (tertiary/aromatic N) is 1. The Hall–Kier alpha value is -3.97. The van der Waals surface area contributed by atoms with E-state index < -0.39 is 23.7 Å². The van der Waals surface area contributed by atoms with Crippen molar-refractivity contribution in [2.75, 3.05) is 4.90 Å². The Balaban J connectivity index is 1.52. The van der Waals surface area contributed by atoms with E-state index >= 15 is 0 Å². The molecule has 31 heavy (non-hydrogen) atoms. The van der Waals surface area contributed by atoms with Crippen LogP contribution in [0.1, 0.15) is 47.0 Å². The van der Waals surface area contributed by atoms with Crippen LogP contribution in [0.3, 0.4) is 0 Å². The summed E-state index contributed by atoms with van der Waals surface area (Å²) in [5.74, 6) is -2.51. The van der Waals surface area contributed by atoms with Gasteiger partial charge in [-0.2, -0.15) is 0 Å². The van der Waals surface area contributed by atoms with Crippen molar-refractivity contribution in [3.63, 3.8) is 0 Å². The lowest BCUT2D eigenvalue weighted by Gasteiger charge is -2.15. The molecule has 3 aromatic carbocycles. The summed E-state index contributed by atoms with van der Waals surface area (Å²) in [5, 5.41) is 11.9. The van der Waals surface area contributed by atoms with E-state index in [2.05, 4.69) is 5.32 Å². The average molecular weight is 435 g/mol. The molecule has 0 atom stereocenters. The number of carbonyl (C=O) groups excluding carboxylic acids is 3. The third-order valence-corrected chi connectivity index (χ3v) is 5.22. The maximum absolute atomic E-state index is 12.9. The Bertz CT molecular complexity index is 1240. The number of benzene rings is 3. The number of carboxylic acid groups (broad SMARTS) is 1. The highest BCUT2D eigenvalue weighted by atomic mass is 35.5. The van der Waals surface area contributed by atoms with E-state index in [1.807, 2.05) is 0 Å². The molecular formula is C23H15ClN2O5. The molecule has 1 heterocycles. The van der Waals surface area contributed by atoms with Gasteiger partial charge in [-0.3, -0.25) is 14.4 Å². The van der Waals surface area contributed by atoms with Crippen LogP contribution in [-0.2, 0) is 6.54 Å². The molecule has 1 aliphatic rings. The van der Waals surface area contributed by atoms with Crippen LogP contribution in [0, 0.1) is 0 Å². The standard InChI is InChI=1S/C23H15ClN2O5/c24-18-3-1-2-4-19(18)26-21(28)16-10-9-15(11-17(16)22(26)29)20(27)25-12-13-5-7-14(8-6-13)23(30)31/h1-11H,12H2,(H,25,27)(H,30,31). The Morgan fingerprint density at radius 3 is 2.19 bits per heavy atom. The van der Waals surface area contributed by atoms with Gasteiger partial charge in [-0.25, -0.2) is 9.69 Å². The van der Waals surface area contributed by atoms with Crippen LogP contribution >= 0.6 is 11.6 Å². The Morgan fingerprint density at radius 2 is 1.52 bits per heavy atom. The molecule has 0 unspecified atom stereocenters. The van der Waals surface area contributed by atoms with Crippen LogP contribution in [0.25, 0.3) is 0 Å². The molecule has 0 fully saturated rings. The number of rotatable bonds is 5. The van der Waals surface area contributed by atoms with Gasteiger partial charge in [0.05, 0.1) is 27.4 Å². The van der Waals surface area contributed by atoms with E-state index in [0.29, 0.717) is 0 Å². The Labute approximate surface area is 181 Å². The second-order valence-corrected chi connectivity index (χ2v) is 7.25. The van der Waals surface area contributed by atoms with Crippen molar-refractivity contribution in [3.05, 3.63) is 99.6 Å². The van der Waals surface area contributed by atoms with Gasteiger partial charge in [0.2, 0.25) is 0 Å². The number of imide groups is 1. The summed E-state index contributed by atoms with van der Waals surface area (Å²) in [6.45, 7) is 0.175. The molecule has 2 N–H and O–H groups in total. The van der Waals surface area contributed by atoms with E-state index in [9.17, 15) is 19.2 Å². The fourth-order valence-electron chi connectivity index (χ4n) is 3.28. The number of fused-ring (bicyclic) bond motifs is 1. The molecule has 0 aliphatic carbocycles. The van der Waals surface area contributed by atoms with Crippen LogP contribution in [-0.4, -0.2) is 28.8 Å².